The minimum absolute atomic E-state index is 0.243. The Hall–Kier alpha value is -0.890. The number of hydrogen-bond donors (Lipinski definition) is 1. The van der Waals surface area contributed by atoms with Crippen molar-refractivity contribution in [2.24, 2.45) is 5.92 Å². The van der Waals surface area contributed by atoms with E-state index in [0.29, 0.717) is 12.3 Å². The summed E-state index contributed by atoms with van der Waals surface area (Å²) in [5.74, 6) is 0.196. The lowest BCUT2D eigenvalue weighted by Crippen LogP contribution is -2.29. The van der Waals surface area contributed by atoms with Crippen LogP contribution < -0.4 is 0 Å². The van der Waals surface area contributed by atoms with Gasteiger partial charge in [0.1, 0.15) is 5.82 Å². The Morgan fingerprint density at radius 3 is 2.60 bits per heavy atom. The maximum Gasteiger partial charge on any atom is 0.123 e. The van der Waals surface area contributed by atoms with Crippen LogP contribution in [0.25, 0.3) is 0 Å². The molecule has 1 aromatic carbocycles. The standard InChI is InChI=1S/C13H19FO/c1-10(2)8-13(3,15)9-11-5-4-6-12(14)7-11/h4-7,10,15H,8-9H2,1-3H3. The van der Waals surface area contributed by atoms with E-state index in [4.69, 9.17) is 0 Å². The van der Waals surface area contributed by atoms with Gasteiger partial charge in [-0.3, -0.25) is 0 Å². The van der Waals surface area contributed by atoms with E-state index in [9.17, 15) is 9.50 Å². The van der Waals surface area contributed by atoms with Gasteiger partial charge >= 0.3 is 0 Å². The molecule has 0 saturated heterocycles. The Kier molecular flexibility index (Phi) is 3.86. The first-order valence-corrected chi connectivity index (χ1v) is 5.36. The molecule has 0 bridgehead atoms. The average molecular weight is 210 g/mol. The molecule has 84 valence electrons. The fraction of sp³-hybridized carbons (Fsp3) is 0.538. The molecule has 1 nitrogen and oxygen atoms in total. The maximum absolute atomic E-state index is 12.9. The summed E-state index contributed by atoms with van der Waals surface area (Å²) >= 11 is 0. The molecule has 15 heavy (non-hydrogen) atoms. The van der Waals surface area contributed by atoms with Crippen LogP contribution in [0.15, 0.2) is 24.3 Å². The summed E-state index contributed by atoms with van der Waals surface area (Å²) in [6.07, 6.45) is 1.23. The predicted molar refractivity (Wildman–Crippen MR) is 60.2 cm³/mol. The maximum atomic E-state index is 12.9. The van der Waals surface area contributed by atoms with Crippen molar-refractivity contribution in [1.82, 2.24) is 0 Å². The zero-order valence-corrected chi connectivity index (χ0v) is 9.63. The molecular formula is C13H19FO. The molecule has 1 rings (SSSR count). The molecule has 0 spiro atoms. The largest absolute Gasteiger partial charge is 0.390 e. The molecule has 0 aliphatic rings. The average Bonchev–Trinajstić information content (AvgIpc) is 1.99. The SMILES string of the molecule is CC(C)CC(C)(O)Cc1cccc(F)c1. The van der Waals surface area contributed by atoms with Gasteiger partial charge in [0.05, 0.1) is 5.60 Å². The summed E-state index contributed by atoms with van der Waals surface area (Å²) in [6.45, 7) is 5.94. The van der Waals surface area contributed by atoms with E-state index in [0.717, 1.165) is 12.0 Å². The van der Waals surface area contributed by atoms with Crippen LogP contribution in [-0.4, -0.2) is 10.7 Å². The molecule has 0 aliphatic carbocycles. The highest BCUT2D eigenvalue weighted by atomic mass is 19.1. The minimum Gasteiger partial charge on any atom is -0.390 e. The first-order valence-electron chi connectivity index (χ1n) is 5.36. The van der Waals surface area contributed by atoms with Crippen molar-refractivity contribution in [2.75, 3.05) is 0 Å². The van der Waals surface area contributed by atoms with E-state index in [1.807, 2.05) is 6.07 Å². The molecule has 1 atom stereocenters. The molecule has 0 aromatic heterocycles. The van der Waals surface area contributed by atoms with Crippen molar-refractivity contribution < 1.29 is 9.50 Å². The topological polar surface area (TPSA) is 20.2 Å². The summed E-state index contributed by atoms with van der Waals surface area (Å²) < 4.78 is 12.9. The molecule has 0 aliphatic heterocycles. The molecule has 1 unspecified atom stereocenters. The zero-order chi connectivity index (χ0) is 11.5. The second-order valence-electron chi connectivity index (χ2n) is 4.90. The summed E-state index contributed by atoms with van der Waals surface area (Å²) in [5, 5.41) is 10.1. The highest BCUT2D eigenvalue weighted by molar-refractivity contribution is 5.18. The minimum atomic E-state index is -0.748. The predicted octanol–water partition coefficient (Wildman–Crippen LogP) is 3.17. The fourth-order valence-electron chi connectivity index (χ4n) is 2.04. The van der Waals surface area contributed by atoms with Gasteiger partial charge in [0.2, 0.25) is 0 Å². The van der Waals surface area contributed by atoms with Crippen molar-refractivity contribution in [3.63, 3.8) is 0 Å². The number of aliphatic hydroxyl groups is 1. The lowest BCUT2D eigenvalue weighted by atomic mass is 9.88. The van der Waals surface area contributed by atoms with E-state index in [1.54, 1.807) is 13.0 Å². The van der Waals surface area contributed by atoms with Gasteiger partial charge in [-0.2, -0.15) is 0 Å². The van der Waals surface area contributed by atoms with Crippen molar-refractivity contribution in [1.29, 1.82) is 0 Å². The van der Waals surface area contributed by atoms with E-state index in [-0.39, 0.29) is 5.82 Å². The second-order valence-corrected chi connectivity index (χ2v) is 4.90. The van der Waals surface area contributed by atoms with Gasteiger partial charge < -0.3 is 5.11 Å². The zero-order valence-electron chi connectivity index (χ0n) is 9.63. The smallest absolute Gasteiger partial charge is 0.123 e. The highest BCUT2D eigenvalue weighted by Gasteiger charge is 2.22. The third kappa shape index (κ3) is 4.43. The number of rotatable bonds is 4. The van der Waals surface area contributed by atoms with Crippen LogP contribution in [-0.2, 0) is 6.42 Å². The molecule has 0 fully saturated rings. The lowest BCUT2D eigenvalue weighted by molar-refractivity contribution is 0.0388. The van der Waals surface area contributed by atoms with Crippen LogP contribution in [0.1, 0.15) is 32.8 Å². The summed E-state index contributed by atoms with van der Waals surface area (Å²) in [6, 6.07) is 6.42. The first kappa shape index (κ1) is 12.2. The van der Waals surface area contributed by atoms with Crippen LogP contribution >= 0.6 is 0 Å². The number of hydrogen-bond acceptors (Lipinski definition) is 1. The van der Waals surface area contributed by atoms with Crippen LogP contribution in [0.5, 0.6) is 0 Å². The summed E-state index contributed by atoms with van der Waals surface area (Å²) in [4.78, 5) is 0. The summed E-state index contributed by atoms with van der Waals surface area (Å²) in [5.41, 5.74) is 0.0998. The molecule has 1 N–H and O–H groups in total. The molecule has 0 amide bonds. The van der Waals surface area contributed by atoms with Gasteiger partial charge in [-0.1, -0.05) is 26.0 Å². The lowest BCUT2D eigenvalue weighted by Gasteiger charge is -2.25. The normalized spacial score (nSPS) is 15.3. The van der Waals surface area contributed by atoms with Gasteiger partial charge in [-0.15, -0.1) is 0 Å². The quantitative estimate of drug-likeness (QED) is 0.809. The van der Waals surface area contributed by atoms with Crippen LogP contribution in [0, 0.1) is 11.7 Å². The van der Waals surface area contributed by atoms with Crippen LogP contribution in [0.3, 0.4) is 0 Å². The molecular weight excluding hydrogens is 191 g/mol. The Labute approximate surface area is 90.9 Å². The monoisotopic (exact) mass is 210 g/mol. The fourth-order valence-corrected chi connectivity index (χ4v) is 2.04. The van der Waals surface area contributed by atoms with E-state index < -0.39 is 5.60 Å². The molecule has 0 heterocycles. The van der Waals surface area contributed by atoms with Crippen LogP contribution in [0.2, 0.25) is 0 Å². The molecule has 1 aromatic rings. The number of halogens is 1. The highest BCUT2D eigenvalue weighted by Crippen LogP contribution is 2.21. The number of benzene rings is 1. The van der Waals surface area contributed by atoms with Gasteiger partial charge in [-0.25, -0.2) is 4.39 Å². The van der Waals surface area contributed by atoms with Gasteiger partial charge in [0.15, 0.2) is 0 Å². The van der Waals surface area contributed by atoms with E-state index in [1.165, 1.54) is 12.1 Å². The first-order chi connectivity index (χ1) is 6.89. The van der Waals surface area contributed by atoms with Crippen LogP contribution in [0.4, 0.5) is 4.39 Å². The Balaban J connectivity index is 2.68. The molecule has 0 radical (unpaired) electrons. The Bertz CT molecular complexity index is 318. The second kappa shape index (κ2) is 4.75. The Morgan fingerprint density at radius 2 is 2.07 bits per heavy atom. The van der Waals surface area contributed by atoms with Crippen molar-refractivity contribution >= 4 is 0 Å². The molecule has 0 saturated carbocycles. The van der Waals surface area contributed by atoms with Crippen molar-refractivity contribution in [3.05, 3.63) is 35.6 Å². The van der Waals surface area contributed by atoms with E-state index in [2.05, 4.69) is 13.8 Å². The summed E-state index contributed by atoms with van der Waals surface area (Å²) in [7, 11) is 0. The van der Waals surface area contributed by atoms with Crippen molar-refractivity contribution in [2.45, 2.75) is 39.2 Å². The van der Waals surface area contributed by atoms with Gasteiger partial charge in [0, 0.05) is 6.42 Å². The van der Waals surface area contributed by atoms with Gasteiger partial charge in [0.25, 0.3) is 0 Å². The molecule has 2 heteroatoms. The third-order valence-electron chi connectivity index (χ3n) is 2.32. The van der Waals surface area contributed by atoms with E-state index >= 15 is 0 Å². The van der Waals surface area contributed by atoms with Crippen molar-refractivity contribution in [3.8, 4) is 0 Å². The van der Waals surface area contributed by atoms with Gasteiger partial charge in [-0.05, 0) is 37.0 Å². The third-order valence-corrected chi connectivity index (χ3v) is 2.32. The Morgan fingerprint density at radius 1 is 1.40 bits per heavy atom.